The van der Waals surface area contributed by atoms with Crippen LogP contribution in [-0.2, 0) is 12.7 Å². The van der Waals surface area contributed by atoms with Crippen molar-refractivity contribution in [3.63, 3.8) is 0 Å². The fraction of sp³-hybridized carbons (Fsp3) is 0.167. The number of carbonyl (C=O) groups is 1. The Morgan fingerprint density at radius 1 is 1.27 bits per heavy atom. The van der Waals surface area contributed by atoms with Crippen LogP contribution in [0.4, 0.5) is 13.2 Å². The summed E-state index contributed by atoms with van der Waals surface area (Å²) in [5.41, 5.74) is 2.39. The minimum atomic E-state index is -4.53. The van der Waals surface area contributed by atoms with Gasteiger partial charge in [0.1, 0.15) is 0 Å². The van der Waals surface area contributed by atoms with E-state index in [1.54, 1.807) is 41.8 Å². The molecule has 8 heteroatoms. The van der Waals surface area contributed by atoms with Gasteiger partial charge in [0.2, 0.25) is 0 Å². The summed E-state index contributed by atoms with van der Waals surface area (Å²) in [6.07, 6.45) is -3.87. The second kappa shape index (κ2) is 6.52. The van der Waals surface area contributed by atoms with Gasteiger partial charge in [-0.25, -0.2) is 0 Å². The number of H-pyrrole nitrogens is 1. The molecule has 0 aliphatic carbocycles. The second-order valence-corrected chi connectivity index (χ2v) is 5.74. The standard InChI is InChI=1S/C18H13F3N4O/c1-11-16(13-4-2-12(8-22)3-5-13)7-15(10-26)25(11)9-14-6-17(24-23-14)18(19,20)21/h2-7,10H,9H2,1H3,(H,23,24). The fourth-order valence-corrected chi connectivity index (χ4v) is 2.75. The molecule has 2 aromatic heterocycles. The van der Waals surface area contributed by atoms with Gasteiger partial charge < -0.3 is 4.57 Å². The number of carbonyl (C=O) groups excluding carboxylic acids is 1. The van der Waals surface area contributed by atoms with Crippen LogP contribution in [0.5, 0.6) is 0 Å². The molecule has 0 radical (unpaired) electrons. The van der Waals surface area contributed by atoms with Crippen LogP contribution in [-0.4, -0.2) is 21.1 Å². The van der Waals surface area contributed by atoms with Crippen LogP contribution in [0.25, 0.3) is 11.1 Å². The zero-order chi connectivity index (χ0) is 18.9. The highest BCUT2D eigenvalue weighted by Crippen LogP contribution is 2.30. The summed E-state index contributed by atoms with van der Waals surface area (Å²) in [5.74, 6) is 0. The summed E-state index contributed by atoms with van der Waals surface area (Å²) in [7, 11) is 0. The number of nitriles is 1. The van der Waals surface area contributed by atoms with Gasteiger partial charge in [-0.3, -0.25) is 9.89 Å². The topological polar surface area (TPSA) is 74.5 Å². The maximum absolute atomic E-state index is 12.7. The number of benzene rings is 1. The lowest BCUT2D eigenvalue weighted by molar-refractivity contribution is -0.141. The lowest BCUT2D eigenvalue weighted by Crippen LogP contribution is -2.06. The molecule has 3 rings (SSSR count). The van der Waals surface area contributed by atoms with E-state index in [-0.39, 0.29) is 12.2 Å². The van der Waals surface area contributed by atoms with E-state index in [1.807, 2.05) is 6.07 Å². The average molecular weight is 358 g/mol. The lowest BCUT2D eigenvalue weighted by atomic mass is 10.0. The van der Waals surface area contributed by atoms with Crippen molar-refractivity contribution in [3.8, 4) is 17.2 Å². The number of halogens is 3. The first-order valence-corrected chi connectivity index (χ1v) is 7.61. The molecule has 0 spiro atoms. The number of alkyl halides is 3. The molecule has 26 heavy (non-hydrogen) atoms. The van der Waals surface area contributed by atoms with E-state index in [2.05, 4.69) is 10.2 Å². The number of aldehydes is 1. The predicted molar refractivity (Wildman–Crippen MR) is 87.4 cm³/mol. The molecule has 0 aliphatic rings. The zero-order valence-electron chi connectivity index (χ0n) is 13.6. The van der Waals surface area contributed by atoms with Gasteiger partial charge in [-0.05, 0) is 36.8 Å². The molecule has 0 unspecified atom stereocenters. The van der Waals surface area contributed by atoms with Crippen LogP contribution in [0, 0.1) is 18.3 Å². The Kier molecular flexibility index (Phi) is 4.38. The van der Waals surface area contributed by atoms with Crippen LogP contribution in [0.2, 0.25) is 0 Å². The van der Waals surface area contributed by atoms with Crippen molar-refractivity contribution in [2.45, 2.75) is 19.6 Å². The molecule has 0 fully saturated rings. The first kappa shape index (κ1) is 17.5. The molecule has 132 valence electrons. The highest BCUT2D eigenvalue weighted by molar-refractivity contribution is 5.79. The zero-order valence-corrected chi connectivity index (χ0v) is 13.6. The number of aromatic amines is 1. The third-order valence-electron chi connectivity index (χ3n) is 4.09. The maximum atomic E-state index is 12.7. The van der Waals surface area contributed by atoms with E-state index in [0.717, 1.165) is 22.9 Å². The highest BCUT2D eigenvalue weighted by Gasteiger charge is 2.33. The van der Waals surface area contributed by atoms with Gasteiger partial charge in [0, 0.05) is 11.3 Å². The molecule has 0 aliphatic heterocycles. The van der Waals surface area contributed by atoms with Crippen molar-refractivity contribution >= 4 is 6.29 Å². The molecule has 5 nitrogen and oxygen atoms in total. The van der Waals surface area contributed by atoms with Gasteiger partial charge in [0.15, 0.2) is 12.0 Å². The van der Waals surface area contributed by atoms with E-state index in [9.17, 15) is 18.0 Å². The molecule has 3 aromatic rings. The smallest absolute Gasteiger partial charge is 0.336 e. The van der Waals surface area contributed by atoms with Crippen molar-refractivity contribution in [2.75, 3.05) is 0 Å². The first-order chi connectivity index (χ1) is 12.3. The summed E-state index contributed by atoms with van der Waals surface area (Å²) in [4.78, 5) is 11.4. The maximum Gasteiger partial charge on any atom is 0.435 e. The quantitative estimate of drug-likeness (QED) is 0.718. The van der Waals surface area contributed by atoms with E-state index in [0.29, 0.717) is 17.5 Å². The summed E-state index contributed by atoms with van der Waals surface area (Å²) in [6, 6.07) is 11.5. The predicted octanol–water partition coefficient (Wildman–Crippen LogP) is 3.94. The molecular formula is C18H13F3N4O. The van der Waals surface area contributed by atoms with Gasteiger partial charge in [-0.15, -0.1) is 0 Å². The summed E-state index contributed by atoms with van der Waals surface area (Å²) in [6.45, 7) is 1.83. The fourth-order valence-electron chi connectivity index (χ4n) is 2.75. The average Bonchev–Trinajstić information content (AvgIpc) is 3.21. The highest BCUT2D eigenvalue weighted by atomic mass is 19.4. The molecule has 0 saturated carbocycles. The normalized spacial score (nSPS) is 11.3. The monoisotopic (exact) mass is 358 g/mol. The van der Waals surface area contributed by atoms with Gasteiger partial charge in [-0.1, -0.05) is 12.1 Å². The molecule has 0 atom stereocenters. The Hall–Kier alpha value is -3.34. The molecule has 1 N–H and O–H groups in total. The van der Waals surface area contributed by atoms with Crippen molar-refractivity contribution < 1.29 is 18.0 Å². The summed E-state index contributed by atoms with van der Waals surface area (Å²) >= 11 is 0. The SMILES string of the molecule is Cc1c(-c2ccc(C#N)cc2)cc(C=O)n1Cc1cc(C(F)(F)F)n[nH]1. The van der Waals surface area contributed by atoms with Crippen molar-refractivity contribution in [1.29, 1.82) is 5.26 Å². The van der Waals surface area contributed by atoms with Crippen LogP contribution >= 0.6 is 0 Å². The lowest BCUT2D eigenvalue weighted by Gasteiger charge is -2.08. The summed E-state index contributed by atoms with van der Waals surface area (Å²) in [5, 5.41) is 14.5. The van der Waals surface area contributed by atoms with Crippen molar-refractivity contribution in [1.82, 2.24) is 14.8 Å². The Morgan fingerprint density at radius 3 is 2.50 bits per heavy atom. The van der Waals surface area contributed by atoms with Crippen LogP contribution in [0.3, 0.4) is 0 Å². The van der Waals surface area contributed by atoms with Gasteiger partial charge in [0.05, 0.1) is 29.6 Å². The Bertz CT molecular complexity index is 991. The summed E-state index contributed by atoms with van der Waals surface area (Å²) < 4.78 is 39.7. The van der Waals surface area contributed by atoms with Gasteiger partial charge in [-0.2, -0.15) is 23.5 Å². The minimum absolute atomic E-state index is 0.0548. The molecule has 0 amide bonds. The van der Waals surface area contributed by atoms with Gasteiger partial charge >= 0.3 is 6.18 Å². The van der Waals surface area contributed by atoms with Crippen LogP contribution in [0.1, 0.15) is 33.1 Å². The molecule has 2 heterocycles. The first-order valence-electron chi connectivity index (χ1n) is 7.61. The van der Waals surface area contributed by atoms with E-state index < -0.39 is 11.9 Å². The molecule has 1 aromatic carbocycles. The Morgan fingerprint density at radius 2 is 1.96 bits per heavy atom. The minimum Gasteiger partial charge on any atom is -0.336 e. The number of aromatic nitrogens is 3. The molecule has 0 bridgehead atoms. The van der Waals surface area contributed by atoms with E-state index in [1.165, 1.54) is 0 Å². The van der Waals surface area contributed by atoms with Crippen LogP contribution < -0.4 is 0 Å². The molecular weight excluding hydrogens is 345 g/mol. The third-order valence-corrected chi connectivity index (χ3v) is 4.09. The third kappa shape index (κ3) is 3.24. The Labute approximate surface area is 146 Å². The number of hydrogen-bond donors (Lipinski definition) is 1. The Balaban J connectivity index is 1.97. The van der Waals surface area contributed by atoms with Gasteiger partial charge in [0.25, 0.3) is 0 Å². The van der Waals surface area contributed by atoms with Crippen molar-refractivity contribution in [2.24, 2.45) is 0 Å². The van der Waals surface area contributed by atoms with E-state index >= 15 is 0 Å². The van der Waals surface area contributed by atoms with Crippen molar-refractivity contribution in [3.05, 3.63) is 64.7 Å². The molecule has 0 saturated heterocycles. The largest absolute Gasteiger partial charge is 0.435 e. The number of rotatable bonds is 4. The number of nitrogens with zero attached hydrogens (tertiary/aromatic N) is 3. The van der Waals surface area contributed by atoms with Crippen LogP contribution in [0.15, 0.2) is 36.4 Å². The number of hydrogen-bond acceptors (Lipinski definition) is 3. The number of nitrogens with one attached hydrogen (secondary N) is 1. The van der Waals surface area contributed by atoms with E-state index in [4.69, 9.17) is 5.26 Å². The second-order valence-electron chi connectivity index (χ2n) is 5.74.